The van der Waals surface area contributed by atoms with E-state index in [-0.39, 0.29) is 5.69 Å². The third-order valence-electron chi connectivity index (χ3n) is 2.65. The van der Waals surface area contributed by atoms with E-state index in [1.165, 1.54) is 13.3 Å². The predicted octanol–water partition coefficient (Wildman–Crippen LogP) is 1.56. The van der Waals surface area contributed by atoms with E-state index in [2.05, 4.69) is 10.3 Å². The van der Waals surface area contributed by atoms with Crippen molar-refractivity contribution in [2.24, 2.45) is 0 Å². The van der Waals surface area contributed by atoms with Crippen molar-refractivity contribution in [1.82, 2.24) is 10.3 Å². The lowest BCUT2D eigenvalue weighted by atomic mass is 10.1. The first-order valence-corrected chi connectivity index (χ1v) is 6.72. The van der Waals surface area contributed by atoms with Gasteiger partial charge in [0.05, 0.1) is 18.8 Å². The molecular formula is C15H22N2O4. The van der Waals surface area contributed by atoms with Gasteiger partial charge in [0.1, 0.15) is 5.69 Å². The average Bonchev–Trinajstić information content (AvgIpc) is 2.42. The zero-order valence-corrected chi connectivity index (χ0v) is 13.0. The van der Waals surface area contributed by atoms with E-state index in [4.69, 9.17) is 9.47 Å². The molecule has 0 unspecified atom stereocenters. The van der Waals surface area contributed by atoms with Crippen molar-refractivity contribution in [2.75, 3.05) is 7.11 Å². The van der Waals surface area contributed by atoms with Gasteiger partial charge >= 0.3 is 5.97 Å². The molecule has 0 spiro atoms. The van der Waals surface area contributed by atoms with Crippen LogP contribution < -0.4 is 5.32 Å². The number of nitrogens with one attached hydrogen (secondary N) is 1. The summed E-state index contributed by atoms with van der Waals surface area (Å²) in [4.78, 5) is 27.9. The summed E-state index contributed by atoms with van der Waals surface area (Å²) >= 11 is 0. The molecule has 6 nitrogen and oxygen atoms in total. The van der Waals surface area contributed by atoms with Crippen LogP contribution in [0.4, 0.5) is 0 Å². The van der Waals surface area contributed by atoms with Crippen LogP contribution in [0.1, 0.15) is 38.2 Å². The molecule has 1 aromatic rings. The molecular weight excluding hydrogens is 272 g/mol. The second kappa shape index (κ2) is 7.17. The van der Waals surface area contributed by atoms with Crippen molar-refractivity contribution in [3.63, 3.8) is 0 Å². The molecule has 1 heterocycles. The number of methoxy groups -OCH3 is 1. The first-order chi connectivity index (χ1) is 9.74. The van der Waals surface area contributed by atoms with E-state index in [0.29, 0.717) is 0 Å². The molecule has 0 saturated heterocycles. The normalized spacial score (nSPS) is 14.1. The minimum atomic E-state index is -0.899. The van der Waals surface area contributed by atoms with Gasteiger partial charge in [-0.3, -0.25) is 9.78 Å². The SMILES string of the molecule is COC(=O)[C@@H](NC(=O)c1ccccn1)[C@H](C)OC(C)(C)C. The van der Waals surface area contributed by atoms with Gasteiger partial charge in [0.25, 0.3) is 5.91 Å². The van der Waals surface area contributed by atoms with Gasteiger partial charge in [0, 0.05) is 6.20 Å². The Hall–Kier alpha value is -1.95. The van der Waals surface area contributed by atoms with Crippen molar-refractivity contribution in [2.45, 2.75) is 45.4 Å². The number of nitrogens with zero attached hydrogens (tertiary/aromatic N) is 1. The van der Waals surface area contributed by atoms with Crippen LogP contribution in [-0.2, 0) is 14.3 Å². The van der Waals surface area contributed by atoms with Crippen LogP contribution in [0, 0.1) is 0 Å². The fourth-order valence-electron chi connectivity index (χ4n) is 1.83. The highest BCUT2D eigenvalue weighted by Crippen LogP contribution is 2.14. The molecule has 0 aliphatic carbocycles. The standard InChI is InChI=1S/C15H22N2O4/c1-10(21-15(2,3)4)12(14(19)20-5)17-13(18)11-8-6-7-9-16-11/h6-10,12H,1-5H3,(H,17,18)/t10-,12-/m0/s1. The van der Waals surface area contributed by atoms with E-state index in [1.807, 2.05) is 20.8 Å². The number of hydrogen-bond donors (Lipinski definition) is 1. The third-order valence-corrected chi connectivity index (χ3v) is 2.65. The minimum absolute atomic E-state index is 0.231. The number of amides is 1. The van der Waals surface area contributed by atoms with Gasteiger partial charge in [-0.05, 0) is 39.8 Å². The molecule has 0 fully saturated rings. The van der Waals surface area contributed by atoms with Gasteiger partial charge in [-0.2, -0.15) is 0 Å². The van der Waals surface area contributed by atoms with Crippen molar-refractivity contribution < 1.29 is 19.1 Å². The van der Waals surface area contributed by atoms with Gasteiger partial charge in [0.2, 0.25) is 0 Å². The quantitative estimate of drug-likeness (QED) is 0.834. The molecule has 0 bridgehead atoms. The lowest BCUT2D eigenvalue weighted by Gasteiger charge is -2.29. The fraction of sp³-hybridized carbons (Fsp3) is 0.533. The summed E-state index contributed by atoms with van der Waals surface area (Å²) in [7, 11) is 1.27. The van der Waals surface area contributed by atoms with Gasteiger partial charge in [0.15, 0.2) is 6.04 Å². The van der Waals surface area contributed by atoms with E-state index in [0.717, 1.165) is 0 Å². The Labute approximate surface area is 124 Å². The lowest BCUT2D eigenvalue weighted by Crippen LogP contribution is -2.51. The second-order valence-electron chi connectivity index (χ2n) is 5.62. The first kappa shape index (κ1) is 17.1. The number of carbonyl (C=O) groups excluding carboxylic acids is 2. The topological polar surface area (TPSA) is 77.5 Å². The third kappa shape index (κ3) is 5.51. The number of hydrogen-bond acceptors (Lipinski definition) is 5. The minimum Gasteiger partial charge on any atom is -0.467 e. The molecule has 0 aromatic carbocycles. The lowest BCUT2D eigenvalue weighted by molar-refractivity contribution is -0.150. The molecule has 1 N–H and O–H groups in total. The molecule has 0 aliphatic heterocycles. The van der Waals surface area contributed by atoms with Gasteiger partial charge < -0.3 is 14.8 Å². The van der Waals surface area contributed by atoms with E-state index in [1.54, 1.807) is 25.1 Å². The van der Waals surface area contributed by atoms with Crippen molar-refractivity contribution in [3.8, 4) is 0 Å². The number of carbonyl (C=O) groups is 2. The van der Waals surface area contributed by atoms with Crippen LogP contribution in [0.25, 0.3) is 0 Å². The Morgan fingerprint density at radius 2 is 1.95 bits per heavy atom. The molecule has 6 heteroatoms. The summed E-state index contributed by atoms with van der Waals surface area (Å²) in [5.41, 5.74) is -0.212. The Morgan fingerprint density at radius 3 is 2.43 bits per heavy atom. The monoisotopic (exact) mass is 294 g/mol. The summed E-state index contributed by atoms with van der Waals surface area (Å²) in [6.45, 7) is 7.33. The average molecular weight is 294 g/mol. The molecule has 1 amide bonds. The zero-order chi connectivity index (χ0) is 16.0. The number of esters is 1. The van der Waals surface area contributed by atoms with E-state index < -0.39 is 29.6 Å². The van der Waals surface area contributed by atoms with Gasteiger partial charge in [-0.15, -0.1) is 0 Å². The highest BCUT2D eigenvalue weighted by molar-refractivity contribution is 5.95. The number of aromatic nitrogens is 1. The van der Waals surface area contributed by atoms with E-state index in [9.17, 15) is 9.59 Å². The summed E-state index contributed by atoms with van der Waals surface area (Å²) in [5, 5.41) is 2.61. The van der Waals surface area contributed by atoms with Crippen LogP contribution in [0.15, 0.2) is 24.4 Å². The molecule has 116 valence electrons. The maximum atomic E-state index is 12.1. The zero-order valence-electron chi connectivity index (χ0n) is 13.0. The Bertz CT molecular complexity index is 482. The molecule has 2 atom stereocenters. The van der Waals surface area contributed by atoms with Crippen molar-refractivity contribution in [1.29, 1.82) is 0 Å². The maximum absolute atomic E-state index is 12.1. The molecule has 21 heavy (non-hydrogen) atoms. The molecule has 0 saturated carbocycles. The van der Waals surface area contributed by atoms with Crippen LogP contribution in [0.5, 0.6) is 0 Å². The fourth-order valence-corrected chi connectivity index (χ4v) is 1.83. The smallest absolute Gasteiger partial charge is 0.331 e. The highest BCUT2D eigenvalue weighted by Gasteiger charge is 2.31. The summed E-state index contributed by atoms with van der Waals surface area (Å²) in [6, 6.07) is 4.08. The van der Waals surface area contributed by atoms with E-state index >= 15 is 0 Å². The maximum Gasteiger partial charge on any atom is 0.331 e. The van der Waals surface area contributed by atoms with Crippen LogP contribution in [0.2, 0.25) is 0 Å². The van der Waals surface area contributed by atoms with Gasteiger partial charge in [-0.25, -0.2) is 4.79 Å². The number of pyridine rings is 1. The van der Waals surface area contributed by atoms with Crippen LogP contribution in [0.3, 0.4) is 0 Å². The summed E-state index contributed by atoms with van der Waals surface area (Å²) < 4.78 is 10.5. The molecule has 1 rings (SSSR count). The van der Waals surface area contributed by atoms with Crippen LogP contribution in [-0.4, -0.2) is 41.7 Å². The Kier molecular flexibility index (Phi) is 5.84. The Morgan fingerprint density at radius 1 is 1.29 bits per heavy atom. The number of ether oxygens (including phenoxy) is 2. The number of rotatable bonds is 5. The van der Waals surface area contributed by atoms with Crippen molar-refractivity contribution in [3.05, 3.63) is 30.1 Å². The van der Waals surface area contributed by atoms with Crippen LogP contribution >= 0.6 is 0 Å². The van der Waals surface area contributed by atoms with Crippen molar-refractivity contribution >= 4 is 11.9 Å². The Balaban J connectivity index is 2.84. The molecule has 1 aromatic heterocycles. The second-order valence-corrected chi connectivity index (χ2v) is 5.62. The first-order valence-electron chi connectivity index (χ1n) is 6.72. The molecule has 0 aliphatic rings. The largest absolute Gasteiger partial charge is 0.467 e. The summed E-state index contributed by atoms with van der Waals surface area (Å²) in [6.07, 6.45) is 0.974. The predicted molar refractivity (Wildman–Crippen MR) is 77.8 cm³/mol. The molecule has 0 radical (unpaired) electrons. The van der Waals surface area contributed by atoms with Gasteiger partial charge in [-0.1, -0.05) is 6.07 Å². The summed E-state index contributed by atoms with van der Waals surface area (Å²) in [5.74, 6) is -1.01. The highest BCUT2D eigenvalue weighted by atomic mass is 16.5.